The molecule has 1 atom stereocenters. The summed E-state index contributed by atoms with van der Waals surface area (Å²) >= 11 is 0. The molecule has 5 heteroatoms. The third-order valence-electron chi connectivity index (χ3n) is 3.31. The molecule has 1 aromatic heterocycles. The van der Waals surface area contributed by atoms with E-state index >= 15 is 0 Å². The molecule has 1 unspecified atom stereocenters. The summed E-state index contributed by atoms with van der Waals surface area (Å²) < 4.78 is 5.92. The topological polar surface area (TPSA) is 49.8 Å². The minimum atomic E-state index is 0.183. The molecular formula is C16H26N4O. The van der Waals surface area contributed by atoms with Crippen LogP contribution in [-0.4, -0.2) is 48.1 Å². The molecule has 0 aromatic carbocycles. The van der Waals surface area contributed by atoms with E-state index in [1.165, 1.54) is 0 Å². The van der Waals surface area contributed by atoms with E-state index in [-0.39, 0.29) is 6.10 Å². The second kappa shape index (κ2) is 7.86. The van der Waals surface area contributed by atoms with Crippen molar-refractivity contribution >= 4 is 5.96 Å². The van der Waals surface area contributed by atoms with Gasteiger partial charge in [-0.2, -0.15) is 0 Å². The predicted octanol–water partition coefficient (Wildman–Crippen LogP) is 2.16. The molecule has 1 aromatic rings. The van der Waals surface area contributed by atoms with Crippen LogP contribution in [0.5, 0.6) is 5.88 Å². The molecule has 2 heterocycles. The van der Waals surface area contributed by atoms with E-state index in [1.807, 2.05) is 18.2 Å². The summed E-state index contributed by atoms with van der Waals surface area (Å²) in [5.41, 5.74) is 0. The summed E-state index contributed by atoms with van der Waals surface area (Å²) in [4.78, 5) is 11.2. The van der Waals surface area contributed by atoms with Gasteiger partial charge in [0.1, 0.15) is 6.10 Å². The predicted molar refractivity (Wildman–Crippen MR) is 85.7 cm³/mol. The molecule has 5 nitrogen and oxygen atoms in total. The van der Waals surface area contributed by atoms with Crippen LogP contribution in [0.15, 0.2) is 29.4 Å². The highest BCUT2D eigenvalue weighted by molar-refractivity contribution is 5.80. The van der Waals surface area contributed by atoms with E-state index in [1.54, 1.807) is 6.20 Å². The SMILES string of the molecule is CCNC(=NCC(C)C)N1CCC(Oc2ccccn2)C1. The van der Waals surface area contributed by atoms with Crippen LogP contribution in [0.3, 0.4) is 0 Å². The molecule has 0 radical (unpaired) electrons. The molecule has 116 valence electrons. The Bertz CT molecular complexity index is 447. The van der Waals surface area contributed by atoms with Crippen molar-refractivity contribution in [2.45, 2.75) is 33.3 Å². The van der Waals surface area contributed by atoms with Gasteiger partial charge in [-0.3, -0.25) is 4.99 Å². The number of hydrogen-bond acceptors (Lipinski definition) is 3. The summed E-state index contributed by atoms with van der Waals surface area (Å²) in [5.74, 6) is 2.27. The zero-order chi connectivity index (χ0) is 15.1. The molecule has 1 aliphatic rings. The van der Waals surface area contributed by atoms with Gasteiger partial charge in [-0.15, -0.1) is 0 Å². The van der Waals surface area contributed by atoms with E-state index in [0.29, 0.717) is 11.8 Å². The average molecular weight is 290 g/mol. The Morgan fingerprint density at radius 1 is 1.52 bits per heavy atom. The van der Waals surface area contributed by atoms with Crippen LogP contribution in [-0.2, 0) is 0 Å². The number of guanidine groups is 1. The number of aromatic nitrogens is 1. The lowest BCUT2D eigenvalue weighted by Crippen LogP contribution is -2.41. The van der Waals surface area contributed by atoms with Crippen molar-refractivity contribution in [3.63, 3.8) is 0 Å². The third kappa shape index (κ3) is 4.92. The highest BCUT2D eigenvalue weighted by atomic mass is 16.5. The quantitative estimate of drug-likeness (QED) is 0.667. The van der Waals surface area contributed by atoms with Gasteiger partial charge < -0.3 is 15.0 Å². The van der Waals surface area contributed by atoms with Crippen LogP contribution in [0.1, 0.15) is 27.2 Å². The van der Waals surface area contributed by atoms with Crippen LogP contribution in [0.25, 0.3) is 0 Å². The first-order chi connectivity index (χ1) is 10.2. The van der Waals surface area contributed by atoms with E-state index in [0.717, 1.165) is 38.6 Å². The van der Waals surface area contributed by atoms with Gasteiger partial charge in [-0.1, -0.05) is 19.9 Å². The lowest BCUT2D eigenvalue weighted by molar-refractivity contribution is 0.205. The van der Waals surface area contributed by atoms with Crippen molar-refractivity contribution in [3.8, 4) is 5.88 Å². The number of aliphatic imine (C=N–C) groups is 1. The first-order valence-corrected chi connectivity index (χ1v) is 7.80. The number of nitrogens with one attached hydrogen (secondary N) is 1. The number of hydrogen-bond donors (Lipinski definition) is 1. The first-order valence-electron chi connectivity index (χ1n) is 7.80. The molecule has 2 rings (SSSR count). The number of rotatable bonds is 5. The Balaban J connectivity index is 1.91. The smallest absolute Gasteiger partial charge is 0.213 e. The Hall–Kier alpha value is -1.78. The fourth-order valence-electron chi connectivity index (χ4n) is 2.30. The van der Waals surface area contributed by atoms with Crippen molar-refractivity contribution < 1.29 is 4.74 Å². The number of pyridine rings is 1. The zero-order valence-corrected chi connectivity index (χ0v) is 13.2. The molecule has 0 spiro atoms. The van der Waals surface area contributed by atoms with Gasteiger partial charge in [0.25, 0.3) is 0 Å². The molecule has 21 heavy (non-hydrogen) atoms. The molecule has 1 N–H and O–H groups in total. The largest absolute Gasteiger partial charge is 0.472 e. The summed E-state index contributed by atoms with van der Waals surface area (Å²) in [5, 5.41) is 3.37. The van der Waals surface area contributed by atoms with Crippen LogP contribution in [0.2, 0.25) is 0 Å². The number of ether oxygens (including phenoxy) is 1. The summed E-state index contributed by atoms with van der Waals surface area (Å²) in [7, 11) is 0. The van der Waals surface area contributed by atoms with Crippen molar-refractivity contribution in [2.75, 3.05) is 26.2 Å². The monoisotopic (exact) mass is 290 g/mol. The van der Waals surface area contributed by atoms with E-state index in [4.69, 9.17) is 9.73 Å². The highest BCUT2D eigenvalue weighted by Crippen LogP contribution is 2.16. The van der Waals surface area contributed by atoms with Gasteiger partial charge >= 0.3 is 0 Å². The van der Waals surface area contributed by atoms with Crippen LogP contribution >= 0.6 is 0 Å². The summed E-state index contributed by atoms with van der Waals surface area (Å²) in [6.07, 6.45) is 2.95. The van der Waals surface area contributed by atoms with Crippen molar-refractivity contribution in [2.24, 2.45) is 10.9 Å². The number of nitrogens with zero attached hydrogens (tertiary/aromatic N) is 3. The fraction of sp³-hybridized carbons (Fsp3) is 0.625. The number of likely N-dealkylation sites (tertiary alicyclic amines) is 1. The van der Waals surface area contributed by atoms with Crippen molar-refractivity contribution in [3.05, 3.63) is 24.4 Å². The molecule has 0 amide bonds. The molecule has 0 bridgehead atoms. The first kappa shape index (κ1) is 15.6. The standard InChI is InChI=1S/C16H26N4O/c1-4-17-16(19-11-13(2)3)20-10-8-14(12-20)21-15-7-5-6-9-18-15/h5-7,9,13-14H,4,8,10-12H2,1-3H3,(H,17,19). The maximum atomic E-state index is 5.92. The zero-order valence-electron chi connectivity index (χ0n) is 13.2. The van der Waals surface area contributed by atoms with Crippen LogP contribution in [0, 0.1) is 5.92 Å². The van der Waals surface area contributed by atoms with Crippen molar-refractivity contribution in [1.82, 2.24) is 15.2 Å². The molecule has 1 saturated heterocycles. The molecule has 1 fully saturated rings. The maximum absolute atomic E-state index is 5.92. The van der Waals surface area contributed by atoms with E-state index in [2.05, 4.69) is 36.0 Å². The minimum absolute atomic E-state index is 0.183. The van der Waals surface area contributed by atoms with Gasteiger partial charge in [-0.25, -0.2) is 4.98 Å². The van der Waals surface area contributed by atoms with Gasteiger partial charge in [0.2, 0.25) is 5.88 Å². The lowest BCUT2D eigenvalue weighted by atomic mass is 10.2. The second-order valence-electron chi connectivity index (χ2n) is 5.73. The Morgan fingerprint density at radius 3 is 3.05 bits per heavy atom. The maximum Gasteiger partial charge on any atom is 0.213 e. The Labute approximate surface area is 127 Å². The lowest BCUT2D eigenvalue weighted by Gasteiger charge is -2.22. The van der Waals surface area contributed by atoms with E-state index < -0.39 is 0 Å². The minimum Gasteiger partial charge on any atom is -0.472 e. The average Bonchev–Trinajstić information content (AvgIpc) is 2.92. The summed E-state index contributed by atoms with van der Waals surface area (Å²) in [6.45, 7) is 10.0. The Kier molecular flexibility index (Phi) is 5.84. The molecular weight excluding hydrogens is 264 g/mol. The Morgan fingerprint density at radius 2 is 2.38 bits per heavy atom. The third-order valence-corrected chi connectivity index (χ3v) is 3.31. The van der Waals surface area contributed by atoms with Crippen LogP contribution < -0.4 is 10.1 Å². The van der Waals surface area contributed by atoms with Gasteiger partial charge in [0.15, 0.2) is 5.96 Å². The normalized spacial score (nSPS) is 19.1. The fourth-order valence-corrected chi connectivity index (χ4v) is 2.30. The molecule has 0 aliphatic carbocycles. The van der Waals surface area contributed by atoms with E-state index in [9.17, 15) is 0 Å². The van der Waals surface area contributed by atoms with Gasteiger partial charge in [-0.05, 0) is 18.9 Å². The summed E-state index contributed by atoms with van der Waals surface area (Å²) in [6, 6.07) is 5.75. The van der Waals surface area contributed by atoms with Gasteiger partial charge in [0.05, 0.1) is 6.54 Å². The second-order valence-corrected chi connectivity index (χ2v) is 5.73. The molecule has 1 aliphatic heterocycles. The van der Waals surface area contributed by atoms with Gasteiger partial charge in [0, 0.05) is 38.3 Å². The van der Waals surface area contributed by atoms with Crippen LogP contribution in [0.4, 0.5) is 0 Å². The molecule has 0 saturated carbocycles. The van der Waals surface area contributed by atoms with Crippen molar-refractivity contribution in [1.29, 1.82) is 0 Å². The highest BCUT2D eigenvalue weighted by Gasteiger charge is 2.26.